The van der Waals surface area contributed by atoms with Gasteiger partial charge >= 0.3 is 0 Å². The molecule has 224 valence electrons. The summed E-state index contributed by atoms with van der Waals surface area (Å²) < 4.78 is 66.4. The number of aliphatic hydroxyl groups is 2. The summed E-state index contributed by atoms with van der Waals surface area (Å²) in [4.78, 5) is 7.40. The lowest BCUT2D eigenvalue weighted by atomic mass is 9.88. The standard InChI is InChI=1S/C26H35N5O8S2/c32-11-8-30-40(34,35)22-3-1-2-21(12-22)38-18-20(33)15-28-19-14-26(39-17-19)5-9-31(10-6-26)41(36,37)23-13-25-24(29-16-23)4-7-27-25/h1-4,7,12-13,16,19-20,27-28,30,32-33H,5-6,8-11,14-15,17-18H2/t19?,20-/m0/s1. The van der Waals surface area contributed by atoms with Crippen molar-refractivity contribution in [3.05, 3.63) is 48.8 Å². The molecule has 13 nitrogen and oxygen atoms in total. The molecule has 2 aliphatic heterocycles. The van der Waals surface area contributed by atoms with Gasteiger partial charge in [-0.25, -0.2) is 21.6 Å². The summed E-state index contributed by atoms with van der Waals surface area (Å²) in [6.45, 7) is 0.936. The van der Waals surface area contributed by atoms with Gasteiger partial charge in [-0.1, -0.05) is 6.07 Å². The lowest BCUT2D eigenvalue weighted by molar-refractivity contribution is -0.0312. The molecule has 5 rings (SSSR count). The van der Waals surface area contributed by atoms with Gasteiger partial charge in [-0.2, -0.15) is 4.31 Å². The number of H-pyrrole nitrogens is 1. The summed E-state index contributed by atoms with van der Waals surface area (Å²) in [5.74, 6) is 0.296. The summed E-state index contributed by atoms with van der Waals surface area (Å²) in [5.41, 5.74) is 0.972. The number of benzene rings is 1. The fraction of sp³-hybridized carbons (Fsp3) is 0.500. The first kappa shape index (κ1) is 29.8. The second-order valence-electron chi connectivity index (χ2n) is 10.3. The molecule has 4 heterocycles. The van der Waals surface area contributed by atoms with Gasteiger partial charge in [-0.3, -0.25) is 4.98 Å². The number of aromatic nitrogens is 2. The maximum atomic E-state index is 13.2. The van der Waals surface area contributed by atoms with E-state index in [1.807, 2.05) is 0 Å². The number of sulfonamides is 2. The van der Waals surface area contributed by atoms with E-state index in [0.717, 1.165) is 0 Å². The van der Waals surface area contributed by atoms with E-state index in [-0.39, 0.29) is 42.1 Å². The molecule has 0 amide bonds. The van der Waals surface area contributed by atoms with Crippen LogP contribution in [0.3, 0.4) is 0 Å². The van der Waals surface area contributed by atoms with Crippen LogP contribution in [0.4, 0.5) is 0 Å². The van der Waals surface area contributed by atoms with Crippen LogP contribution < -0.4 is 14.8 Å². The van der Waals surface area contributed by atoms with E-state index < -0.39 is 31.8 Å². The average molecular weight is 610 g/mol. The zero-order chi connectivity index (χ0) is 29.1. The van der Waals surface area contributed by atoms with E-state index in [4.69, 9.17) is 14.6 Å². The fourth-order valence-electron chi connectivity index (χ4n) is 5.21. The minimum absolute atomic E-state index is 0.00145. The topological polar surface area (TPSA) is 183 Å². The summed E-state index contributed by atoms with van der Waals surface area (Å²) in [5, 5.41) is 22.6. The first-order valence-corrected chi connectivity index (χ1v) is 16.3. The van der Waals surface area contributed by atoms with Crippen LogP contribution in [-0.4, -0.2) is 105 Å². The molecule has 0 aliphatic carbocycles. The Balaban J connectivity index is 1.07. The second-order valence-corrected chi connectivity index (χ2v) is 14.1. The molecule has 1 aromatic carbocycles. The van der Waals surface area contributed by atoms with Crippen LogP contribution in [0.15, 0.2) is 58.6 Å². The van der Waals surface area contributed by atoms with Crippen LogP contribution in [0.25, 0.3) is 11.0 Å². The summed E-state index contributed by atoms with van der Waals surface area (Å²) in [6.07, 6.45) is 4.11. The lowest BCUT2D eigenvalue weighted by Gasteiger charge is -2.38. The summed E-state index contributed by atoms with van der Waals surface area (Å²) in [7, 11) is -7.44. The van der Waals surface area contributed by atoms with Crippen molar-refractivity contribution in [2.45, 2.75) is 46.8 Å². The van der Waals surface area contributed by atoms with Gasteiger partial charge in [0.05, 0.1) is 34.7 Å². The van der Waals surface area contributed by atoms with Crippen LogP contribution in [0, 0.1) is 0 Å². The van der Waals surface area contributed by atoms with E-state index in [0.29, 0.717) is 55.7 Å². The number of aromatic amines is 1. The predicted octanol–water partition coefficient (Wildman–Crippen LogP) is 0.175. The van der Waals surface area contributed by atoms with E-state index in [1.165, 1.54) is 28.7 Å². The fourth-order valence-corrected chi connectivity index (χ4v) is 7.68. The van der Waals surface area contributed by atoms with E-state index >= 15 is 0 Å². The highest BCUT2D eigenvalue weighted by Crippen LogP contribution is 2.37. The Labute approximate surface area is 239 Å². The van der Waals surface area contributed by atoms with Crippen LogP contribution >= 0.6 is 0 Å². The van der Waals surface area contributed by atoms with Crippen LogP contribution in [0.1, 0.15) is 19.3 Å². The molecule has 1 unspecified atom stereocenters. The minimum atomic E-state index is -3.77. The zero-order valence-corrected chi connectivity index (χ0v) is 24.0. The molecule has 2 saturated heterocycles. The number of hydrogen-bond acceptors (Lipinski definition) is 10. The third kappa shape index (κ3) is 6.89. The molecule has 15 heteroatoms. The van der Waals surface area contributed by atoms with Crippen LogP contribution in [-0.2, 0) is 24.8 Å². The molecule has 41 heavy (non-hydrogen) atoms. The van der Waals surface area contributed by atoms with Gasteiger partial charge in [-0.05, 0) is 43.5 Å². The van der Waals surface area contributed by atoms with Crippen LogP contribution in [0.5, 0.6) is 5.75 Å². The lowest BCUT2D eigenvalue weighted by Crippen LogP contribution is -2.47. The number of aliphatic hydroxyl groups excluding tert-OH is 2. The molecule has 0 bridgehead atoms. The maximum Gasteiger partial charge on any atom is 0.244 e. The van der Waals surface area contributed by atoms with Gasteiger partial charge < -0.3 is 30.0 Å². The van der Waals surface area contributed by atoms with Crippen molar-refractivity contribution in [1.29, 1.82) is 0 Å². The Hall–Kier alpha value is -2.63. The second kappa shape index (κ2) is 12.3. The van der Waals surface area contributed by atoms with Crippen LogP contribution in [0.2, 0.25) is 0 Å². The van der Waals surface area contributed by atoms with Crippen molar-refractivity contribution in [3.63, 3.8) is 0 Å². The molecule has 2 fully saturated rings. The van der Waals surface area contributed by atoms with E-state index in [1.54, 1.807) is 24.4 Å². The molecule has 0 radical (unpaired) electrons. The Bertz CT molecular complexity index is 1550. The Morgan fingerprint density at radius 3 is 2.76 bits per heavy atom. The molecule has 5 N–H and O–H groups in total. The number of nitrogens with one attached hydrogen (secondary N) is 3. The largest absolute Gasteiger partial charge is 0.491 e. The predicted molar refractivity (Wildman–Crippen MR) is 149 cm³/mol. The smallest absolute Gasteiger partial charge is 0.244 e. The highest BCUT2D eigenvalue weighted by atomic mass is 32.2. The quantitative estimate of drug-likeness (QED) is 0.190. The number of pyridine rings is 1. The Morgan fingerprint density at radius 2 is 1.98 bits per heavy atom. The summed E-state index contributed by atoms with van der Waals surface area (Å²) >= 11 is 0. The SMILES string of the molecule is O=S(=O)(NCCO)c1cccc(OC[C@@H](O)CNC2COC3(CCN(S(=O)(=O)c4cnc5cc[nH]c5c4)CC3)C2)c1. The van der Waals surface area contributed by atoms with Crippen molar-refractivity contribution in [1.82, 2.24) is 24.3 Å². The summed E-state index contributed by atoms with van der Waals surface area (Å²) in [6, 6.07) is 9.31. The van der Waals surface area contributed by atoms with Gasteiger partial charge in [0.2, 0.25) is 20.0 Å². The van der Waals surface area contributed by atoms with Gasteiger partial charge in [0, 0.05) is 50.7 Å². The zero-order valence-electron chi connectivity index (χ0n) is 22.4. The third-order valence-corrected chi connectivity index (χ3v) is 10.8. The van der Waals surface area contributed by atoms with Crippen molar-refractivity contribution < 1.29 is 36.5 Å². The first-order valence-electron chi connectivity index (χ1n) is 13.4. The van der Waals surface area contributed by atoms with Gasteiger partial charge in [0.25, 0.3) is 0 Å². The number of hydrogen-bond donors (Lipinski definition) is 5. The van der Waals surface area contributed by atoms with Gasteiger partial charge in [0.15, 0.2) is 0 Å². The Kier molecular flexibility index (Phi) is 8.96. The van der Waals surface area contributed by atoms with Crippen molar-refractivity contribution >= 4 is 31.1 Å². The molecule has 2 aliphatic rings. The van der Waals surface area contributed by atoms with Crippen molar-refractivity contribution in [3.8, 4) is 5.75 Å². The Morgan fingerprint density at radius 1 is 1.17 bits per heavy atom. The maximum absolute atomic E-state index is 13.2. The molecular weight excluding hydrogens is 574 g/mol. The molecular formula is C26H35N5O8S2. The van der Waals surface area contributed by atoms with Gasteiger partial charge in [-0.15, -0.1) is 0 Å². The van der Waals surface area contributed by atoms with Crippen molar-refractivity contribution in [2.24, 2.45) is 0 Å². The van der Waals surface area contributed by atoms with E-state index in [2.05, 4.69) is 20.0 Å². The average Bonchev–Trinajstić information content (AvgIpc) is 3.61. The monoisotopic (exact) mass is 609 g/mol. The third-order valence-electron chi connectivity index (χ3n) is 7.46. The normalized spacial score (nSPS) is 20.5. The molecule has 1 spiro atoms. The molecule has 3 aromatic rings. The number of ether oxygens (including phenoxy) is 2. The highest BCUT2D eigenvalue weighted by Gasteiger charge is 2.44. The van der Waals surface area contributed by atoms with Crippen molar-refractivity contribution in [2.75, 3.05) is 46.0 Å². The molecule has 2 atom stereocenters. The van der Waals surface area contributed by atoms with Gasteiger partial charge in [0.1, 0.15) is 23.4 Å². The number of fused-ring (bicyclic) bond motifs is 1. The molecule has 2 aromatic heterocycles. The minimum Gasteiger partial charge on any atom is -0.491 e. The number of rotatable bonds is 12. The van der Waals surface area contributed by atoms with E-state index in [9.17, 15) is 21.9 Å². The highest BCUT2D eigenvalue weighted by molar-refractivity contribution is 7.89. The molecule has 0 saturated carbocycles. The first-order chi connectivity index (χ1) is 19.6. The number of nitrogens with zero attached hydrogens (tertiary/aromatic N) is 2. The number of piperidine rings is 1.